The van der Waals surface area contributed by atoms with Gasteiger partial charge >= 0.3 is 0 Å². The second-order valence-corrected chi connectivity index (χ2v) is 6.95. The van der Waals surface area contributed by atoms with Gasteiger partial charge < -0.3 is 4.74 Å². The highest BCUT2D eigenvalue weighted by Crippen LogP contribution is 2.22. The lowest BCUT2D eigenvalue weighted by molar-refractivity contribution is -0.119. The molecule has 9 heteroatoms. The standard InChI is InChI=1S/C16H18N4O4S/c1-24-15-5-3-4-14(10-15)20(25(2,22)23)12-16(21)19-18-11-13-6-8-17-9-7-13/h3-11H,12H2,1-2H3,(H,19,21)/b18-11-. The SMILES string of the molecule is COc1cccc(N(CC(=O)N/N=C\c2ccncc2)S(C)(=O)=O)c1. The van der Waals surface area contributed by atoms with Gasteiger partial charge in [0, 0.05) is 18.5 Å². The third-order valence-electron chi connectivity index (χ3n) is 3.14. The maximum atomic E-state index is 12.0. The van der Waals surface area contributed by atoms with Gasteiger partial charge in [0.25, 0.3) is 5.91 Å². The van der Waals surface area contributed by atoms with Crippen LogP contribution in [0.25, 0.3) is 0 Å². The van der Waals surface area contributed by atoms with Crippen LogP contribution in [0, 0.1) is 0 Å². The van der Waals surface area contributed by atoms with Crippen LogP contribution in [0.5, 0.6) is 5.75 Å². The fraction of sp³-hybridized carbons (Fsp3) is 0.188. The summed E-state index contributed by atoms with van der Waals surface area (Å²) in [5.74, 6) is -0.0826. The molecule has 1 heterocycles. The fourth-order valence-corrected chi connectivity index (χ4v) is 2.81. The number of hydrogen-bond donors (Lipinski definition) is 1. The number of hydrogen-bond acceptors (Lipinski definition) is 6. The van der Waals surface area contributed by atoms with Crippen molar-refractivity contribution in [3.8, 4) is 5.75 Å². The minimum Gasteiger partial charge on any atom is -0.497 e. The molecule has 1 aromatic heterocycles. The van der Waals surface area contributed by atoms with Crippen molar-refractivity contribution in [2.24, 2.45) is 5.10 Å². The zero-order chi connectivity index (χ0) is 18.3. The van der Waals surface area contributed by atoms with Crippen LogP contribution in [-0.4, -0.2) is 45.4 Å². The third kappa shape index (κ3) is 5.57. The van der Waals surface area contributed by atoms with Crippen molar-refractivity contribution in [2.45, 2.75) is 0 Å². The minimum absolute atomic E-state index is 0.329. The predicted octanol–water partition coefficient (Wildman–Crippen LogP) is 1.01. The Kier molecular flexibility index (Phi) is 6.07. The van der Waals surface area contributed by atoms with Crippen LogP contribution >= 0.6 is 0 Å². The van der Waals surface area contributed by atoms with E-state index in [9.17, 15) is 13.2 Å². The lowest BCUT2D eigenvalue weighted by Crippen LogP contribution is -2.39. The first kappa shape index (κ1) is 18.4. The largest absolute Gasteiger partial charge is 0.497 e. The summed E-state index contributed by atoms with van der Waals surface area (Å²) in [5.41, 5.74) is 3.39. The zero-order valence-corrected chi connectivity index (χ0v) is 14.6. The Morgan fingerprint density at radius 1 is 1.32 bits per heavy atom. The maximum absolute atomic E-state index is 12.0. The van der Waals surface area contributed by atoms with Crippen LogP contribution in [-0.2, 0) is 14.8 Å². The molecule has 0 spiro atoms. The first-order valence-electron chi connectivity index (χ1n) is 7.24. The molecule has 0 atom stereocenters. The number of pyridine rings is 1. The van der Waals surface area contributed by atoms with E-state index in [2.05, 4.69) is 15.5 Å². The summed E-state index contributed by atoms with van der Waals surface area (Å²) in [4.78, 5) is 15.9. The van der Waals surface area contributed by atoms with E-state index in [0.717, 1.165) is 16.1 Å². The molecule has 2 rings (SSSR count). The van der Waals surface area contributed by atoms with Crippen molar-refractivity contribution in [3.63, 3.8) is 0 Å². The van der Waals surface area contributed by atoms with Gasteiger partial charge in [0.1, 0.15) is 12.3 Å². The van der Waals surface area contributed by atoms with Crippen LogP contribution in [0.1, 0.15) is 5.56 Å². The van der Waals surface area contributed by atoms with Gasteiger partial charge in [0.2, 0.25) is 10.0 Å². The first-order valence-corrected chi connectivity index (χ1v) is 9.08. The molecule has 132 valence electrons. The Hall–Kier alpha value is -2.94. The van der Waals surface area contributed by atoms with Gasteiger partial charge in [-0.2, -0.15) is 5.10 Å². The molecule has 1 amide bonds. The quantitative estimate of drug-likeness (QED) is 0.585. The van der Waals surface area contributed by atoms with E-state index in [0.29, 0.717) is 11.4 Å². The molecule has 2 aromatic rings. The molecule has 25 heavy (non-hydrogen) atoms. The van der Waals surface area contributed by atoms with E-state index in [4.69, 9.17) is 4.74 Å². The second kappa shape index (κ2) is 8.25. The molecule has 0 saturated heterocycles. The summed E-state index contributed by atoms with van der Waals surface area (Å²) in [6.45, 7) is -0.403. The summed E-state index contributed by atoms with van der Waals surface area (Å²) in [7, 11) is -2.18. The summed E-state index contributed by atoms with van der Waals surface area (Å²) in [6, 6.07) is 9.88. The van der Waals surface area contributed by atoms with Crippen molar-refractivity contribution < 1.29 is 17.9 Å². The molecular weight excluding hydrogens is 344 g/mol. The number of anilines is 1. The summed E-state index contributed by atoms with van der Waals surface area (Å²) < 4.78 is 30.1. The highest BCUT2D eigenvalue weighted by atomic mass is 32.2. The topological polar surface area (TPSA) is 101 Å². The number of ether oxygens (including phenoxy) is 1. The van der Waals surface area contributed by atoms with Crippen molar-refractivity contribution in [1.29, 1.82) is 0 Å². The molecule has 0 aliphatic heterocycles. The third-order valence-corrected chi connectivity index (χ3v) is 4.28. The van der Waals surface area contributed by atoms with Crippen LogP contribution in [0.2, 0.25) is 0 Å². The van der Waals surface area contributed by atoms with Crippen LogP contribution in [0.3, 0.4) is 0 Å². The molecule has 0 aliphatic rings. The van der Waals surface area contributed by atoms with E-state index in [1.54, 1.807) is 42.7 Å². The van der Waals surface area contributed by atoms with Crippen LogP contribution < -0.4 is 14.5 Å². The van der Waals surface area contributed by atoms with Crippen LogP contribution in [0.15, 0.2) is 53.9 Å². The van der Waals surface area contributed by atoms with Gasteiger partial charge in [-0.25, -0.2) is 13.8 Å². The second-order valence-electron chi connectivity index (χ2n) is 5.04. The smallest absolute Gasteiger partial charge is 0.260 e. The molecular formula is C16H18N4O4S. The van der Waals surface area contributed by atoms with Gasteiger partial charge in [-0.3, -0.25) is 14.1 Å². The van der Waals surface area contributed by atoms with Gasteiger partial charge in [-0.1, -0.05) is 6.07 Å². The Morgan fingerprint density at radius 3 is 2.68 bits per heavy atom. The summed E-state index contributed by atoms with van der Waals surface area (Å²) >= 11 is 0. The summed E-state index contributed by atoms with van der Waals surface area (Å²) in [6.07, 6.45) is 5.66. The number of sulfonamides is 1. The first-order chi connectivity index (χ1) is 11.9. The van der Waals surface area contributed by atoms with Crippen molar-refractivity contribution in [2.75, 3.05) is 24.2 Å². The lowest BCUT2D eigenvalue weighted by Gasteiger charge is -2.21. The number of hydrazone groups is 1. The highest BCUT2D eigenvalue weighted by Gasteiger charge is 2.21. The number of benzene rings is 1. The number of nitrogens with one attached hydrogen (secondary N) is 1. The number of rotatable bonds is 7. The van der Waals surface area contributed by atoms with Gasteiger partial charge in [0.05, 0.1) is 25.3 Å². The molecule has 0 radical (unpaired) electrons. The monoisotopic (exact) mass is 362 g/mol. The van der Waals surface area contributed by atoms with E-state index >= 15 is 0 Å². The molecule has 0 saturated carbocycles. The Bertz CT molecular complexity index is 853. The van der Waals surface area contributed by atoms with Gasteiger partial charge in [-0.15, -0.1) is 0 Å². The van der Waals surface area contributed by atoms with Crippen molar-refractivity contribution in [1.82, 2.24) is 10.4 Å². The Labute approximate surface area is 146 Å². The Balaban J connectivity index is 2.09. The highest BCUT2D eigenvalue weighted by molar-refractivity contribution is 7.92. The summed E-state index contributed by atoms with van der Waals surface area (Å²) in [5, 5.41) is 3.81. The molecule has 0 fully saturated rings. The van der Waals surface area contributed by atoms with E-state index in [-0.39, 0.29) is 0 Å². The van der Waals surface area contributed by atoms with Crippen LogP contribution in [0.4, 0.5) is 5.69 Å². The molecule has 1 aromatic carbocycles. The van der Waals surface area contributed by atoms with E-state index < -0.39 is 22.5 Å². The average Bonchev–Trinajstić information content (AvgIpc) is 2.59. The maximum Gasteiger partial charge on any atom is 0.260 e. The normalized spacial score (nSPS) is 11.3. The number of aromatic nitrogens is 1. The predicted molar refractivity (Wildman–Crippen MR) is 95.2 cm³/mol. The molecule has 0 bridgehead atoms. The van der Waals surface area contributed by atoms with E-state index in [1.807, 2.05) is 0 Å². The molecule has 1 N–H and O–H groups in total. The number of carbonyl (C=O) groups is 1. The number of carbonyl (C=O) groups excluding carboxylic acids is 1. The minimum atomic E-state index is -3.66. The van der Waals surface area contributed by atoms with Gasteiger partial charge in [0.15, 0.2) is 0 Å². The average molecular weight is 362 g/mol. The van der Waals surface area contributed by atoms with Crippen molar-refractivity contribution in [3.05, 3.63) is 54.4 Å². The fourth-order valence-electron chi connectivity index (χ4n) is 1.96. The molecule has 0 unspecified atom stereocenters. The van der Waals surface area contributed by atoms with Crippen molar-refractivity contribution >= 4 is 27.8 Å². The number of amides is 1. The van der Waals surface area contributed by atoms with E-state index in [1.165, 1.54) is 19.4 Å². The zero-order valence-electron chi connectivity index (χ0n) is 13.8. The Morgan fingerprint density at radius 2 is 2.04 bits per heavy atom. The molecule has 8 nitrogen and oxygen atoms in total. The number of nitrogens with zero attached hydrogens (tertiary/aromatic N) is 3. The van der Waals surface area contributed by atoms with Gasteiger partial charge in [-0.05, 0) is 29.8 Å². The number of methoxy groups -OCH3 is 1. The molecule has 0 aliphatic carbocycles. The lowest BCUT2D eigenvalue weighted by atomic mass is 10.3.